The van der Waals surface area contributed by atoms with E-state index in [4.69, 9.17) is 0 Å². The smallest absolute Gasteiger partial charge is 0.258 e. The molecule has 0 aliphatic heterocycles. The van der Waals surface area contributed by atoms with Gasteiger partial charge in [0.25, 0.3) is 5.69 Å². The Balaban J connectivity index is 2.03. The normalized spacial score (nSPS) is 24.4. The molecule has 18 heavy (non-hydrogen) atoms. The van der Waals surface area contributed by atoms with E-state index in [0.29, 0.717) is 5.92 Å². The van der Waals surface area contributed by atoms with Crippen molar-refractivity contribution in [2.45, 2.75) is 6.42 Å². The van der Waals surface area contributed by atoms with Gasteiger partial charge in [0.2, 0.25) is 0 Å². The second-order valence-electron chi connectivity index (χ2n) is 4.58. The van der Waals surface area contributed by atoms with Crippen LogP contribution in [0.3, 0.4) is 0 Å². The van der Waals surface area contributed by atoms with Crippen LogP contribution < -0.4 is 0 Å². The average Bonchev–Trinajstić information content (AvgIpc) is 2.98. The molecule has 0 N–H and O–H groups in total. The number of rotatable bonds is 2. The first-order valence-corrected chi connectivity index (χ1v) is 5.78. The van der Waals surface area contributed by atoms with Crippen LogP contribution in [-0.4, -0.2) is 4.92 Å². The number of nitriles is 1. The van der Waals surface area contributed by atoms with Gasteiger partial charge in [-0.05, 0) is 29.7 Å². The third-order valence-electron chi connectivity index (χ3n) is 3.62. The molecule has 4 heteroatoms. The van der Waals surface area contributed by atoms with Crippen molar-refractivity contribution in [3.05, 3.63) is 57.7 Å². The van der Waals surface area contributed by atoms with Gasteiger partial charge in [-0.15, -0.1) is 0 Å². The van der Waals surface area contributed by atoms with Crippen molar-refractivity contribution >= 4 is 11.3 Å². The summed E-state index contributed by atoms with van der Waals surface area (Å²) in [6.45, 7) is 0. The third-order valence-corrected chi connectivity index (χ3v) is 3.62. The summed E-state index contributed by atoms with van der Waals surface area (Å²) in [6.07, 6.45) is 5.18. The van der Waals surface area contributed by atoms with E-state index in [1.807, 2.05) is 0 Å². The van der Waals surface area contributed by atoms with Crippen molar-refractivity contribution in [2.24, 2.45) is 11.8 Å². The van der Waals surface area contributed by atoms with Crippen molar-refractivity contribution in [2.75, 3.05) is 0 Å². The average molecular weight is 238 g/mol. The molecule has 4 nitrogen and oxygen atoms in total. The van der Waals surface area contributed by atoms with Gasteiger partial charge >= 0.3 is 0 Å². The monoisotopic (exact) mass is 238 g/mol. The number of benzene rings is 1. The summed E-state index contributed by atoms with van der Waals surface area (Å²) >= 11 is 0. The number of non-ortho nitro benzene ring substituents is 1. The largest absolute Gasteiger partial charge is 0.269 e. The Morgan fingerprint density at radius 1 is 1.22 bits per heavy atom. The summed E-state index contributed by atoms with van der Waals surface area (Å²) in [4.78, 5) is 10.2. The molecule has 1 aromatic carbocycles. The number of hydrogen-bond donors (Lipinski definition) is 0. The number of allylic oxidation sites excluding steroid dienone is 4. The van der Waals surface area contributed by atoms with Gasteiger partial charge in [0.05, 0.1) is 11.0 Å². The maximum atomic E-state index is 10.6. The molecule has 3 rings (SSSR count). The van der Waals surface area contributed by atoms with Crippen LogP contribution in [0.1, 0.15) is 12.0 Å². The minimum atomic E-state index is -0.413. The van der Waals surface area contributed by atoms with Crippen LogP contribution >= 0.6 is 0 Å². The number of nitrogens with zero attached hydrogens (tertiary/aromatic N) is 2. The molecule has 2 atom stereocenters. The van der Waals surface area contributed by atoms with Crippen LogP contribution in [0, 0.1) is 33.3 Å². The van der Waals surface area contributed by atoms with Gasteiger partial charge in [0.1, 0.15) is 0 Å². The van der Waals surface area contributed by atoms with Crippen LogP contribution in [-0.2, 0) is 0 Å². The molecule has 2 unspecified atom stereocenters. The maximum absolute atomic E-state index is 10.6. The molecule has 0 spiro atoms. The molecule has 2 aliphatic rings. The number of hydrogen-bond acceptors (Lipinski definition) is 3. The molecule has 0 saturated carbocycles. The van der Waals surface area contributed by atoms with Crippen molar-refractivity contribution in [3.63, 3.8) is 0 Å². The van der Waals surface area contributed by atoms with Gasteiger partial charge in [-0.3, -0.25) is 10.1 Å². The lowest BCUT2D eigenvalue weighted by Gasteiger charge is -2.11. The van der Waals surface area contributed by atoms with E-state index >= 15 is 0 Å². The molecule has 0 heterocycles. The first kappa shape index (κ1) is 10.7. The molecule has 1 aromatic rings. The van der Waals surface area contributed by atoms with Gasteiger partial charge in [-0.2, -0.15) is 5.26 Å². The fourth-order valence-electron chi connectivity index (χ4n) is 2.80. The Hall–Kier alpha value is -2.41. The first-order chi connectivity index (χ1) is 8.70. The quantitative estimate of drug-likeness (QED) is 0.451. The minimum Gasteiger partial charge on any atom is -0.258 e. The summed E-state index contributed by atoms with van der Waals surface area (Å²) < 4.78 is 0. The number of fused-ring (bicyclic) bond motifs is 2. The highest BCUT2D eigenvalue weighted by Crippen LogP contribution is 2.48. The van der Waals surface area contributed by atoms with Crippen molar-refractivity contribution in [1.82, 2.24) is 0 Å². The zero-order valence-corrected chi connectivity index (χ0v) is 9.54. The minimum absolute atomic E-state index is 0.0801. The van der Waals surface area contributed by atoms with Crippen LogP contribution in [0.15, 0.2) is 42.0 Å². The second-order valence-corrected chi connectivity index (χ2v) is 4.58. The van der Waals surface area contributed by atoms with E-state index in [1.54, 1.807) is 12.1 Å². The Morgan fingerprint density at radius 2 is 1.89 bits per heavy atom. The van der Waals surface area contributed by atoms with E-state index in [0.717, 1.165) is 23.1 Å². The molecule has 2 bridgehead atoms. The topological polar surface area (TPSA) is 66.9 Å². The number of nitro groups is 1. The van der Waals surface area contributed by atoms with E-state index in [9.17, 15) is 15.4 Å². The predicted octanol–water partition coefficient (Wildman–Crippen LogP) is 3.08. The van der Waals surface area contributed by atoms with Crippen LogP contribution in [0.25, 0.3) is 5.57 Å². The van der Waals surface area contributed by atoms with Gasteiger partial charge in [-0.25, -0.2) is 0 Å². The molecular weight excluding hydrogens is 228 g/mol. The summed E-state index contributed by atoms with van der Waals surface area (Å²) in [5, 5.41) is 19.8. The fraction of sp³-hybridized carbons (Fsp3) is 0.214. The lowest BCUT2D eigenvalue weighted by molar-refractivity contribution is -0.384. The van der Waals surface area contributed by atoms with E-state index in [2.05, 4.69) is 18.2 Å². The Kier molecular flexibility index (Phi) is 2.27. The first-order valence-electron chi connectivity index (χ1n) is 5.78. The standard InChI is InChI=1S/C14H10N2O2/c15-8-13-10-1-2-11(7-10)14(13)9-3-5-12(6-4-9)16(17)18/h1-6,10-11H,7H2. The molecular formula is C14H10N2O2. The van der Waals surface area contributed by atoms with Gasteiger partial charge < -0.3 is 0 Å². The molecule has 0 radical (unpaired) electrons. The van der Waals surface area contributed by atoms with Crippen molar-refractivity contribution in [1.29, 1.82) is 5.26 Å². The summed E-state index contributed by atoms with van der Waals surface area (Å²) in [5.74, 6) is 0.538. The van der Waals surface area contributed by atoms with Gasteiger partial charge in [0.15, 0.2) is 0 Å². The maximum Gasteiger partial charge on any atom is 0.269 e. The lowest BCUT2D eigenvalue weighted by Crippen LogP contribution is -1.97. The van der Waals surface area contributed by atoms with Crippen LogP contribution in [0.5, 0.6) is 0 Å². The highest BCUT2D eigenvalue weighted by molar-refractivity contribution is 5.79. The summed E-state index contributed by atoms with van der Waals surface area (Å²) in [5.41, 5.74) is 2.86. The third kappa shape index (κ3) is 1.45. The van der Waals surface area contributed by atoms with Crippen molar-refractivity contribution in [3.8, 4) is 6.07 Å². The van der Waals surface area contributed by atoms with Crippen LogP contribution in [0.4, 0.5) is 5.69 Å². The Morgan fingerprint density at radius 3 is 2.50 bits per heavy atom. The summed E-state index contributed by atoms with van der Waals surface area (Å²) in [6, 6.07) is 8.73. The zero-order valence-electron chi connectivity index (χ0n) is 9.54. The predicted molar refractivity (Wildman–Crippen MR) is 66.4 cm³/mol. The Bertz CT molecular complexity index is 620. The lowest BCUT2D eigenvalue weighted by atomic mass is 9.91. The van der Waals surface area contributed by atoms with E-state index in [-0.39, 0.29) is 11.6 Å². The SMILES string of the molecule is N#CC1=C(c2ccc([N+](=O)[O-])cc2)C2C=CC1C2. The van der Waals surface area contributed by atoms with E-state index in [1.165, 1.54) is 12.1 Å². The second kappa shape index (κ2) is 3.81. The Labute approximate surface area is 104 Å². The zero-order chi connectivity index (χ0) is 12.7. The van der Waals surface area contributed by atoms with Gasteiger partial charge in [0, 0.05) is 29.5 Å². The van der Waals surface area contributed by atoms with Crippen molar-refractivity contribution < 1.29 is 4.92 Å². The molecule has 88 valence electrons. The highest BCUT2D eigenvalue weighted by atomic mass is 16.6. The molecule has 0 fully saturated rings. The van der Waals surface area contributed by atoms with E-state index < -0.39 is 4.92 Å². The van der Waals surface area contributed by atoms with Crippen LogP contribution in [0.2, 0.25) is 0 Å². The molecule has 2 aliphatic carbocycles. The highest BCUT2D eigenvalue weighted by Gasteiger charge is 2.35. The fourth-order valence-corrected chi connectivity index (χ4v) is 2.80. The van der Waals surface area contributed by atoms with Gasteiger partial charge in [-0.1, -0.05) is 12.2 Å². The summed E-state index contributed by atoms with van der Waals surface area (Å²) in [7, 11) is 0. The molecule has 0 saturated heterocycles. The molecule has 0 amide bonds. The number of nitro benzene ring substituents is 1. The molecule has 0 aromatic heterocycles.